The molecule has 4 aromatic rings. The summed E-state index contributed by atoms with van der Waals surface area (Å²) in [7, 11) is 0. The average Bonchev–Trinajstić information content (AvgIpc) is 3.46. The van der Waals surface area contributed by atoms with E-state index in [4.69, 9.17) is 9.26 Å². The van der Waals surface area contributed by atoms with Crippen LogP contribution >= 0.6 is 0 Å². The highest BCUT2D eigenvalue weighted by atomic mass is 16.5. The van der Waals surface area contributed by atoms with E-state index in [1.54, 1.807) is 18.6 Å². The highest BCUT2D eigenvalue weighted by molar-refractivity contribution is 5.64. The molecule has 0 radical (unpaired) electrons. The maximum absolute atomic E-state index is 6.33. The van der Waals surface area contributed by atoms with E-state index >= 15 is 0 Å². The van der Waals surface area contributed by atoms with Crippen LogP contribution in [0.3, 0.4) is 0 Å². The van der Waals surface area contributed by atoms with Gasteiger partial charge in [0.05, 0.1) is 11.8 Å². The Bertz CT molecular complexity index is 1100. The molecule has 150 valence electrons. The Balaban J connectivity index is 1.30. The molecule has 1 saturated heterocycles. The zero-order chi connectivity index (χ0) is 20.2. The summed E-state index contributed by atoms with van der Waals surface area (Å²) in [6.07, 6.45) is 9.54. The smallest absolute Gasteiger partial charge is 0.262 e. The lowest BCUT2D eigenvalue weighted by Gasteiger charge is -2.17. The molecule has 0 amide bonds. The van der Waals surface area contributed by atoms with Crippen molar-refractivity contribution in [1.82, 2.24) is 30.0 Å². The van der Waals surface area contributed by atoms with Crippen LogP contribution in [-0.4, -0.2) is 49.2 Å². The maximum Gasteiger partial charge on any atom is 0.262 e. The molecule has 30 heavy (non-hydrogen) atoms. The van der Waals surface area contributed by atoms with Crippen molar-refractivity contribution in [3.63, 3.8) is 0 Å². The molecular weight excluding hydrogens is 380 g/mol. The molecule has 1 unspecified atom stereocenters. The van der Waals surface area contributed by atoms with E-state index in [1.165, 1.54) is 5.56 Å². The second kappa shape index (κ2) is 8.38. The number of para-hydroxylation sites is 1. The quantitative estimate of drug-likeness (QED) is 0.487. The highest BCUT2D eigenvalue weighted by Gasteiger charge is 2.25. The third-order valence-corrected chi connectivity index (χ3v) is 5.01. The average molecular weight is 400 g/mol. The van der Waals surface area contributed by atoms with E-state index in [9.17, 15) is 0 Å². The number of benzene rings is 1. The van der Waals surface area contributed by atoms with Gasteiger partial charge in [-0.25, -0.2) is 4.98 Å². The molecule has 0 spiro atoms. The predicted molar refractivity (Wildman–Crippen MR) is 109 cm³/mol. The third-order valence-electron chi connectivity index (χ3n) is 5.01. The van der Waals surface area contributed by atoms with Crippen LogP contribution in [0.5, 0.6) is 5.75 Å². The number of nitrogens with zero attached hydrogens (tertiary/aromatic N) is 6. The van der Waals surface area contributed by atoms with Gasteiger partial charge in [0.15, 0.2) is 0 Å². The van der Waals surface area contributed by atoms with Crippen LogP contribution in [0.25, 0.3) is 23.0 Å². The minimum atomic E-state index is 0.107. The summed E-state index contributed by atoms with van der Waals surface area (Å²) < 4.78 is 11.8. The molecule has 1 atom stereocenters. The predicted octanol–water partition coefficient (Wildman–Crippen LogP) is 3.24. The first kappa shape index (κ1) is 18.4. The Morgan fingerprint density at radius 1 is 1.03 bits per heavy atom. The van der Waals surface area contributed by atoms with Crippen LogP contribution in [0, 0.1) is 0 Å². The molecule has 8 heteroatoms. The van der Waals surface area contributed by atoms with Crippen LogP contribution in [0.15, 0.2) is 71.9 Å². The van der Waals surface area contributed by atoms with Crippen molar-refractivity contribution in [3.05, 3.63) is 72.9 Å². The lowest BCUT2D eigenvalue weighted by Crippen LogP contribution is -2.24. The topological polar surface area (TPSA) is 90.1 Å². The number of likely N-dealkylation sites (tertiary alicyclic amines) is 1. The fraction of sp³-hybridized carbons (Fsp3) is 0.227. The molecule has 0 saturated carbocycles. The number of aromatic nitrogens is 5. The summed E-state index contributed by atoms with van der Waals surface area (Å²) in [4.78, 5) is 19.2. The van der Waals surface area contributed by atoms with E-state index in [0.29, 0.717) is 17.4 Å². The first-order valence-electron chi connectivity index (χ1n) is 9.82. The SMILES string of the molecule is c1ccc(-c2nc(-c3cnccn3)no2)c(OC2CCN(Cc3ccncc3)C2)c1. The van der Waals surface area contributed by atoms with Crippen molar-refractivity contribution in [1.29, 1.82) is 0 Å². The zero-order valence-corrected chi connectivity index (χ0v) is 16.3. The minimum Gasteiger partial charge on any atom is -0.488 e. The van der Waals surface area contributed by atoms with Crippen molar-refractivity contribution in [2.24, 2.45) is 0 Å². The van der Waals surface area contributed by atoms with E-state index < -0.39 is 0 Å². The van der Waals surface area contributed by atoms with Crippen molar-refractivity contribution in [2.75, 3.05) is 13.1 Å². The summed E-state index contributed by atoms with van der Waals surface area (Å²) in [5, 5.41) is 4.04. The normalized spacial score (nSPS) is 16.6. The Kier molecular flexibility index (Phi) is 5.14. The Morgan fingerprint density at radius 3 is 2.80 bits per heavy atom. The number of hydrogen-bond acceptors (Lipinski definition) is 8. The van der Waals surface area contributed by atoms with E-state index in [1.807, 2.05) is 48.8 Å². The van der Waals surface area contributed by atoms with Gasteiger partial charge in [0.2, 0.25) is 5.82 Å². The summed E-state index contributed by atoms with van der Waals surface area (Å²) in [5.74, 6) is 1.54. The maximum atomic E-state index is 6.33. The molecule has 1 fully saturated rings. The van der Waals surface area contributed by atoms with Gasteiger partial charge in [0, 0.05) is 44.4 Å². The van der Waals surface area contributed by atoms with E-state index in [2.05, 4.69) is 30.0 Å². The Labute approximate surface area is 173 Å². The number of ether oxygens (including phenoxy) is 1. The van der Waals surface area contributed by atoms with Crippen LogP contribution in [-0.2, 0) is 6.54 Å². The highest BCUT2D eigenvalue weighted by Crippen LogP contribution is 2.31. The second-order valence-corrected chi connectivity index (χ2v) is 7.13. The van der Waals surface area contributed by atoms with Gasteiger partial charge in [0.25, 0.3) is 5.89 Å². The number of hydrogen-bond donors (Lipinski definition) is 0. The van der Waals surface area contributed by atoms with Crippen molar-refractivity contribution in [2.45, 2.75) is 19.1 Å². The van der Waals surface area contributed by atoms with Crippen LogP contribution < -0.4 is 4.74 Å². The molecule has 0 bridgehead atoms. The van der Waals surface area contributed by atoms with Gasteiger partial charge >= 0.3 is 0 Å². The molecule has 8 nitrogen and oxygen atoms in total. The molecule has 1 aliphatic heterocycles. The first-order chi connectivity index (χ1) is 14.8. The molecule has 5 rings (SSSR count). The molecule has 4 heterocycles. The summed E-state index contributed by atoms with van der Waals surface area (Å²) in [6.45, 7) is 2.76. The van der Waals surface area contributed by atoms with Gasteiger partial charge in [-0.3, -0.25) is 14.9 Å². The largest absolute Gasteiger partial charge is 0.488 e. The number of rotatable bonds is 6. The van der Waals surface area contributed by atoms with E-state index in [-0.39, 0.29) is 6.10 Å². The molecule has 1 aromatic carbocycles. The Hall–Kier alpha value is -3.65. The molecule has 0 aliphatic carbocycles. The minimum absolute atomic E-state index is 0.107. The van der Waals surface area contributed by atoms with Crippen LogP contribution in [0.4, 0.5) is 0 Å². The van der Waals surface area contributed by atoms with Gasteiger partial charge in [-0.05, 0) is 36.2 Å². The first-order valence-corrected chi connectivity index (χ1v) is 9.82. The standard InChI is InChI=1S/C22H20N6O2/c1-2-4-20(29-17-7-12-28(15-17)14-16-5-8-23-9-6-16)18(3-1)22-26-21(27-30-22)19-13-24-10-11-25-19/h1-6,8-11,13,17H,7,12,14-15H2. The fourth-order valence-electron chi connectivity index (χ4n) is 3.56. The number of pyridine rings is 1. The van der Waals surface area contributed by atoms with Gasteiger partial charge in [-0.2, -0.15) is 4.98 Å². The fourth-order valence-corrected chi connectivity index (χ4v) is 3.56. The summed E-state index contributed by atoms with van der Waals surface area (Å²) >= 11 is 0. The van der Waals surface area contributed by atoms with Crippen molar-refractivity contribution in [3.8, 4) is 28.7 Å². The van der Waals surface area contributed by atoms with Crippen molar-refractivity contribution >= 4 is 0 Å². The summed E-state index contributed by atoms with van der Waals surface area (Å²) in [5.41, 5.74) is 2.59. The van der Waals surface area contributed by atoms with Crippen molar-refractivity contribution < 1.29 is 9.26 Å². The Morgan fingerprint density at radius 2 is 1.93 bits per heavy atom. The molecule has 1 aliphatic rings. The zero-order valence-electron chi connectivity index (χ0n) is 16.3. The van der Waals surface area contributed by atoms with Gasteiger partial charge < -0.3 is 9.26 Å². The molecule has 3 aromatic heterocycles. The van der Waals surface area contributed by atoms with Gasteiger partial charge in [0.1, 0.15) is 17.5 Å². The molecule has 0 N–H and O–H groups in total. The lowest BCUT2D eigenvalue weighted by molar-refractivity contribution is 0.198. The van der Waals surface area contributed by atoms with E-state index in [0.717, 1.165) is 37.4 Å². The summed E-state index contributed by atoms with van der Waals surface area (Å²) in [6, 6.07) is 11.8. The lowest BCUT2D eigenvalue weighted by atomic mass is 10.2. The monoisotopic (exact) mass is 400 g/mol. The van der Waals surface area contributed by atoms with Gasteiger partial charge in [-0.15, -0.1) is 0 Å². The van der Waals surface area contributed by atoms with Crippen LogP contribution in [0.2, 0.25) is 0 Å². The second-order valence-electron chi connectivity index (χ2n) is 7.13. The van der Waals surface area contributed by atoms with Crippen LogP contribution in [0.1, 0.15) is 12.0 Å². The van der Waals surface area contributed by atoms with Gasteiger partial charge in [-0.1, -0.05) is 17.3 Å². The third kappa shape index (κ3) is 4.04. The molecular formula is C22H20N6O2.